The third kappa shape index (κ3) is 3.08. The highest BCUT2D eigenvalue weighted by Gasteiger charge is 2.08. The molecule has 0 heterocycles. The lowest BCUT2D eigenvalue weighted by molar-refractivity contribution is 0.683. The smallest absolute Gasteiger partial charge is 0.123 e. The van der Waals surface area contributed by atoms with Crippen LogP contribution in [0.15, 0.2) is 71.5 Å². The van der Waals surface area contributed by atoms with Gasteiger partial charge in [0.1, 0.15) is 11.7 Å². The van der Waals surface area contributed by atoms with Gasteiger partial charge in [-0.3, -0.25) is 0 Å². The molecule has 1 nitrogen and oxygen atoms in total. The highest BCUT2D eigenvalue weighted by Crippen LogP contribution is 2.22. The van der Waals surface area contributed by atoms with Gasteiger partial charge in [-0.05, 0) is 24.3 Å². The van der Waals surface area contributed by atoms with Crippen LogP contribution in [0.4, 0.5) is 8.78 Å². The highest BCUT2D eigenvalue weighted by molar-refractivity contribution is 7.85. The molecular weight excluding hydrogens is 278 g/mol. The van der Waals surface area contributed by atoms with Crippen LogP contribution in [0.2, 0.25) is 0 Å². The minimum Gasteiger partial charge on any atom is -0.249 e. The van der Waals surface area contributed by atoms with Crippen LogP contribution in [0.25, 0.3) is 11.7 Å². The summed E-state index contributed by atoms with van der Waals surface area (Å²) in [5.41, 5.74) is 0.713. The summed E-state index contributed by atoms with van der Waals surface area (Å²) in [5.74, 6) is -1.07. The van der Waals surface area contributed by atoms with Crippen molar-refractivity contribution >= 4 is 22.5 Å². The van der Waals surface area contributed by atoms with Crippen molar-refractivity contribution in [1.82, 2.24) is 0 Å². The Kier molecular flexibility index (Phi) is 4.25. The number of hydrogen-bond acceptors (Lipinski definition) is 1. The molecule has 2 aromatic rings. The maximum atomic E-state index is 12.9. The van der Waals surface area contributed by atoms with E-state index in [4.69, 9.17) is 0 Å². The molecule has 0 bridgehead atoms. The van der Waals surface area contributed by atoms with Gasteiger partial charge in [0, 0.05) is 20.9 Å². The van der Waals surface area contributed by atoms with E-state index in [0.29, 0.717) is 20.9 Å². The monoisotopic (exact) mass is 290 g/mol. The highest BCUT2D eigenvalue weighted by atomic mass is 32.2. The van der Waals surface area contributed by atoms with Crippen molar-refractivity contribution in [2.45, 2.75) is 9.79 Å². The van der Waals surface area contributed by atoms with Crippen LogP contribution in [-0.2, 0) is 10.8 Å². The van der Waals surface area contributed by atoms with Crippen LogP contribution in [0.1, 0.15) is 11.1 Å². The molecule has 0 spiro atoms. The Balaban J connectivity index is 2.26. The summed E-state index contributed by atoms with van der Waals surface area (Å²) >= 11 is 0. The van der Waals surface area contributed by atoms with Crippen molar-refractivity contribution < 1.29 is 13.0 Å². The van der Waals surface area contributed by atoms with E-state index in [-0.39, 0.29) is 0 Å². The Labute approximate surface area is 118 Å². The summed E-state index contributed by atoms with van der Waals surface area (Å²) in [6.45, 7) is 6.40. The summed E-state index contributed by atoms with van der Waals surface area (Å²) < 4.78 is 38.1. The average Bonchev–Trinajstić information content (AvgIpc) is 2.46. The van der Waals surface area contributed by atoms with Crippen LogP contribution in [0.5, 0.6) is 0 Å². The fraction of sp³-hybridized carbons (Fsp3) is 0. The van der Waals surface area contributed by atoms with E-state index >= 15 is 0 Å². The molecule has 0 radical (unpaired) electrons. The molecule has 0 saturated carbocycles. The molecule has 0 N–H and O–H groups in total. The molecule has 2 rings (SSSR count). The van der Waals surface area contributed by atoms with E-state index < -0.39 is 22.5 Å². The number of benzene rings is 2. The zero-order valence-corrected chi connectivity index (χ0v) is 11.4. The first kappa shape index (κ1) is 14.3. The fourth-order valence-electron chi connectivity index (χ4n) is 1.65. The SMILES string of the molecule is C=C(F)c1ccc(S(=O)c2ccc(C(=C)F)cc2)cc1. The van der Waals surface area contributed by atoms with Crippen LogP contribution < -0.4 is 0 Å². The lowest BCUT2D eigenvalue weighted by Crippen LogP contribution is -1.93. The molecule has 20 heavy (non-hydrogen) atoms. The molecule has 0 atom stereocenters. The maximum Gasteiger partial charge on any atom is 0.123 e. The first-order valence-corrected chi connectivity index (χ1v) is 6.95. The second-order valence-electron chi connectivity index (χ2n) is 4.13. The molecule has 0 unspecified atom stereocenters. The lowest BCUT2D eigenvalue weighted by Gasteiger charge is -2.04. The second kappa shape index (κ2) is 5.92. The van der Waals surface area contributed by atoms with E-state index in [2.05, 4.69) is 13.2 Å². The van der Waals surface area contributed by atoms with Crippen LogP contribution in [-0.4, -0.2) is 4.21 Å². The summed E-state index contributed by atoms with van der Waals surface area (Å²) in [6.07, 6.45) is 0. The van der Waals surface area contributed by atoms with Crippen LogP contribution >= 0.6 is 0 Å². The summed E-state index contributed by atoms with van der Waals surface area (Å²) in [5, 5.41) is 0. The minimum atomic E-state index is -1.39. The fourth-order valence-corrected chi connectivity index (χ4v) is 2.69. The zero-order chi connectivity index (χ0) is 14.7. The van der Waals surface area contributed by atoms with Gasteiger partial charge in [0.2, 0.25) is 0 Å². The normalized spacial score (nSPS) is 10.6. The Hall–Kier alpha value is -2.07. The topological polar surface area (TPSA) is 17.1 Å². The predicted octanol–water partition coefficient (Wildman–Crippen LogP) is 4.73. The van der Waals surface area contributed by atoms with Crippen molar-refractivity contribution in [2.24, 2.45) is 0 Å². The summed E-state index contributed by atoms with van der Waals surface area (Å²) in [4.78, 5) is 1.09. The van der Waals surface area contributed by atoms with Gasteiger partial charge in [0.15, 0.2) is 0 Å². The summed E-state index contributed by atoms with van der Waals surface area (Å²) in [7, 11) is -1.39. The van der Waals surface area contributed by atoms with Crippen LogP contribution in [0, 0.1) is 0 Å². The Morgan fingerprint density at radius 3 is 1.30 bits per heavy atom. The Bertz CT molecular complexity index is 613. The van der Waals surface area contributed by atoms with Gasteiger partial charge in [0.25, 0.3) is 0 Å². The molecule has 4 heteroatoms. The van der Waals surface area contributed by atoms with Crippen molar-refractivity contribution in [3.8, 4) is 0 Å². The first-order chi connectivity index (χ1) is 9.49. The van der Waals surface area contributed by atoms with E-state index in [1.54, 1.807) is 24.3 Å². The van der Waals surface area contributed by atoms with Gasteiger partial charge in [0.05, 0.1) is 10.8 Å². The third-order valence-electron chi connectivity index (χ3n) is 2.76. The van der Waals surface area contributed by atoms with Crippen molar-refractivity contribution in [1.29, 1.82) is 0 Å². The molecule has 0 aliphatic rings. The molecule has 102 valence electrons. The predicted molar refractivity (Wildman–Crippen MR) is 77.8 cm³/mol. The minimum absolute atomic E-state index is 0.356. The molecule has 0 aliphatic heterocycles. The number of rotatable bonds is 4. The maximum absolute atomic E-state index is 12.9. The number of halogens is 2. The molecule has 2 aromatic carbocycles. The van der Waals surface area contributed by atoms with E-state index in [9.17, 15) is 13.0 Å². The Morgan fingerprint density at radius 1 is 0.750 bits per heavy atom. The molecule has 0 fully saturated rings. The van der Waals surface area contributed by atoms with E-state index in [0.717, 1.165) is 0 Å². The standard InChI is InChI=1S/C16H12F2OS/c1-11(17)13-3-7-15(8-4-13)20(19)16-9-5-14(6-10-16)12(2)18/h3-10H,1-2H2. The third-order valence-corrected chi connectivity index (χ3v) is 4.16. The van der Waals surface area contributed by atoms with Crippen LogP contribution in [0.3, 0.4) is 0 Å². The average molecular weight is 290 g/mol. The van der Waals surface area contributed by atoms with Gasteiger partial charge >= 0.3 is 0 Å². The zero-order valence-electron chi connectivity index (χ0n) is 10.6. The first-order valence-electron chi connectivity index (χ1n) is 5.80. The summed E-state index contributed by atoms with van der Waals surface area (Å²) in [6, 6.07) is 12.4. The quantitative estimate of drug-likeness (QED) is 0.795. The molecule has 0 aliphatic carbocycles. The van der Waals surface area contributed by atoms with Gasteiger partial charge < -0.3 is 0 Å². The van der Waals surface area contributed by atoms with E-state index in [1.165, 1.54) is 24.3 Å². The number of hydrogen-bond donors (Lipinski definition) is 0. The lowest BCUT2D eigenvalue weighted by atomic mass is 10.2. The second-order valence-corrected chi connectivity index (χ2v) is 5.61. The molecule has 0 saturated heterocycles. The molecule has 0 amide bonds. The Morgan fingerprint density at radius 2 is 1.05 bits per heavy atom. The van der Waals surface area contributed by atoms with Gasteiger partial charge in [-0.25, -0.2) is 13.0 Å². The van der Waals surface area contributed by atoms with Gasteiger partial charge in [-0.2, -0.15) is 0 Å². The van der Waals surface area contributed by atoms with E-state index in [1.807, 2.05) is 0 Å². The molecule has 0 aromatic heterocycles. The van der Waals surface area contributed by atoms with Crippen molar-refractivity contribution in [3.05, 3.63) is 72.8 Å². The van der Waals surface area contributed by atoms with Crippen molar-refractivity contribution in [3.63, 3.8) is 0 Å². The van der Waals surface area contributed by atoms with Crippen molar-refractivity contribution in [2.75, 3.05) is 0 Å². The van der Waals surface area contributed by atoms with Gasteiger partial charge in [-0.15, -0.1) is 0 Å². The van der Waals surface area contributed by atoms with Gasteiger partial charge in [-0.1, -0.05) is 37.4 Å². The largest absolute Gasteiger partial charge is 0.249 e. The molecular formula is C16H12F2OS.